The zero-order chi connectivity index (χ0) is 20.3. The fourth-order valence-corrected chi connectivity index (χ4v) is 2.83. The number of benzene rings is 1. The Morgan fingerprint density at radius 2 is 2.07 bits per heavy atom. The molecule has 2 heterocycles. The van der Waals surface area contributed by atoms with Gasteiger partial charge in [0.25, 0.3) is 0 Å². The fraction of sp³-hybridized carbons (Fsp3) is 0.316. The number of carbonyl (C=O) groups is 1. The third-order valence-electron chi connectivity index (χ3n) is 4.38. The third kappa shape index (κ3) is 4.11. The molecule has 9 nitrogen and oxygen atoms in total. The number of carbonyl (C=O) groups excluding carboxylic acids is 1. The number of aliphatic hydroxyl groups is 2. The number of aliphatic hydroxyl groups excluding tert-OH is 2. The molecule has 4 atom stereocenters. The lowest BCUT2D eigenvalue weighted by atomic mass is 10.1. The molecule has 0 spiro atoms. The molecule has 0 radical (unpaired) electrons. The first kappa shape index (κ1) is 19.7. The summed E-state index contributed by atoms with van der Waals surface area (Å²) in [6.07, 6.45) is -2.22. The number of rotatable bonds is 5. The number of hydrogen-bond donors (Lipinski definition) is 3. The lowest BCUT2D eigenvalue weighted by molar-refractivity contribution is -0.0350. The molecule has 0 bridgehead atoms. The molecule has 0 aliphatic carbocycles. The number of nitrogens with zero attached hydrogens (tertiary/aromatic N) is 2. The van der Waals surface area contributed by atoms with Crippen LogP contribution in [0.2, 0.25) is 0 Å². The number of ether oxygens (including phenoxy) is 2. The standard InChI is InChI=1S/C19H21N3O6/c1-3-13-9-22(17-15(24)14(23)11(2)28-17)18(25)20-16(13)21-19(26)27-10-12-7-5-4-6-8-12/h3-9,11,14-15,17,23-24H,1,10H2,2H3,(H,20,21,25,26)/t11-,14-,15-,17-/m1/s1. The topological polar surface area (TPSA) is 123 Å². The molecular weight excluding hydrogens is 366 g/mol. The van der Waals surface area contributed by atoms with Gasteiger partial charge in [0, 0.05) is 11.8 Å². The van der Waals surface area contributed by atoms with E-state index < -0.39 is 36.3 Å². The molecule has 3 rings (SSSR count). The van der Waals surface area contributed by atoms with Crippen molar-refractivity contribution in [2.24, 2.45) is 0 Å². The van der Waals surface area contributed by atoms with Gasteiger partial charge in [-0.15, -0.1) is 0 Å². The first-order valence-electron chi connectivity index (χ1n) is 8.65. The highest BCUT2D eigenvalue weighted by molar-refractivity contribution is 5.85. The minimum absolute atomic E-state index is 0.0320. The second kappa shape index (κ2) is 8.34. The van der Waals surface area contributed by atoms with Crippen LogP contribution in [0.3, 0.4) is 0 Å². The summed E-state index contributed by atoms with van der Waals surface area (Å²) in [6.45, 7) is 5.28. The lowest BCUT2D eigenvalue weighted by Gasteiger charge is -2.18. The highest BCUT2D eigenvalue weighted by atomic mass is 16.6. The summed E-state index contributed by atoms with van der Waals surface area (Å²) in [6, 6.07) is 9.12. The van der Waals surface area contributed by atoms with E-state index in [1.165, 1.54) is 12.3 Å². The molecule has 1 aliphatic rings. The summed E-state index contributed by atoms with van der Waals surface area (Å²) in [5.41, 5.74) is 0.362. The van der Waals surface area contributed by atoms with Gasteiger partial charge in [-0.3, -0.25) is 9.88 Å². The van der Waals surface area contributed by atoms with Gasteiger partial charge in [0.05, 0.1) is 6.10 Å². The van der Waals surface area contributed by atoms with E-state index in [-0.39, 0.29) is 12.4 Å². The van der Waals surface area contributed by atoms with Crippen molar-refractivity contribution < 1.29 is 24.5 Å². The second-order valence-electron chi connectivity index (χ2n) is 6.34. The van der Waals surface area contributed by atoms with Gasteiger partial charge < -0.3 is 19.7 Å². The van der Waals surface area contributed by atoms with Crippen molar-refractivity contribution in [2.45, 2.75) is 38.1 Å². The van der Waals surface area contributed by atoms with Crippen LogP contribution in [0.5, 0.6) is 0 Å². The van der Waals surface area contributed by atoms with Crippen molar-refractivity contribution in [1.82, 2.24) is 9.55 Å². The Morgan fingerprint density at radius 3 is 2.68 bits per heavy atom. The van der Waals surface area contributed by atoms with Gasteiger partial charge in [-0.2, -0.15) is 4.98 Å². The fourth-order valence-electron chi connectivity index (χ4n) is 2.83. The molecule has 0 saturated carbocycles. The van der Waals surface area contributed by atoms with Crippen LogP contribution in [-0.4, -0.2) is 44.2 Å². The van der Waals surface area contributed by atoms with Crippen LogP contribution in [0.25, 0.3) is 6.08 Å². The van der Waals surface area contributed by atoms with Crippen LogP contribution in [0.4, 0.5) is 10.6 Å². The van der Waals surface area contributed by atoms with E-state index in [1.54, 1.807) is 6.92 Å². The van der Waals surface area contributed by atoms with Crippen LogP contribution >= 0.6 is 0 Å². The van der Waals surface area contributed by atoms with Gasteiger partial charge in [-0.05, 0) is 12.5 Å². The molecule has 1 aliphatic heterocycles. The Labute approximate surface area is 160 Å². The molecule has 1 aromatic carbocycles. The third-order valence-corrected chi connectivity index (χ3v) is 4.38. The Hall–Kier alpha value is -3.01. The highest BCUT2D eigenvalue weighted by Crippen LogP contribution is 2.28. The number of aromatic nitrogens is 2. The Bertz CT molecular complexity index is 914. The minimum atomic E-state index is -1.29. The molecule has 3 N–H and O–H groups in total. The predicted molar refractivity (Wildman–Crippen MR) is 100 cm³/mol. The van der Waals surface area contributed by atoms with E-state index >= 15 is 0 Å². The van der Waals surface area contributed by atoms with Crippen molar-refractivity contribution in [3.8, 4) is 0 Å². The number of anilines is 1. The van der Waals surface area contributed by atoms with E-state index in [0.29, 0.717) is 5.56 Å². The van der Waals surface area contributed by atoms with E-state index in [2.05, 4.69) is 16.9 Å². The average molecular weight is 387 g/mol. The average Bonchev–Trinajstić information content (AvgIpc) is 2.94. The molecule has 1 aromatic heterocycles. The predicted octanol–water partition coefficient (Wildman–Crippen LogP) is 1.27. The van der Waals surface area contributed by atoms with Crippen molar-refractivity contribution in [3.63, 3.8) is 0 Å². The first-order valence-corrected chi connectivity index (χ1v) is 8.65. The quantitative estimate of drug-likeness (QED) is 0.706. The highest BCUT2D eigenvalue weighted by Gasteiger charge is 2.42. The van der Waals surface area contributed by atoms with Gasteiger partial charge in [-0.25, -0.2) is 9.59 Å². The second-order valence-corrected chi connectivity index (χ2v) is 6.34. The van der Waals surface area contributed by atoms with Crippen molar-refractivity contribution >= 4 is 18.0 Å². The smallest absolute Gasteiger partial charge is 0.413 e. The maximum atomic E-state index is 12.4. The molecule has 9 heteroatoms. The van der Waals surface area contributed by atoms with E-state index in [0.717, 1.165) is 10.1 Å². The van der Waals surface area contributed by atoms with Crippen LogP contribution < -0.4 is 11.0 Å². The van der Waals surface area contributed by atoms with Crippen LogP contribution in [0, 0.1) is 0 Å². The maximum absolute atomic E-state index is 12.4. The molecule has 2 aromatic rings. The van der Waals surface area contributed by atoms with E-state index in [1.807, 2.05) is 30.3 Å². The SMILES string of the molecule is C=Cc1cn([C@@H]2O[C@H](C)[C@@H](O)[C@H]2O)c(=O)nc1NC(=O)OCc1ccccc1. The first-order chi connectivity index (χ1) is 13.4. The van der Waals surface area contributed by atoms with Gasteiger partial charge in [0.15, 0.2) is 6.23 Å². The molecule has 28 heavy (non-hydrogen) atoms. The molecule has 1 saturated heterocycles. The van der Waals surface area contributed by atoms with Gasteiger partial charge in [0.2, 0.25) is 0 Å². The van der Waals surface area contributed by atoms with E-state index in [9.17, 15) is 19.8 Å². The minimum Gasteiger partial charge on any atom is -0.444 e. The maximum Gasteiger partial charge on any atom is 0.413 e. The van der Waals surface area contributed by atoms with Crippen molar-refractivity contribution in [2.75, 3.05) is 5.32 Å². The van der Waals surface area contributed by atoms with Crippen molar-refractivity contribution in [3.05, 3.63) is 64.7 Å². The van der Waals surface area contributed by atoms with Crippen molar-refractivity contribution in [1.29, 1.82) is 0 Å². The zero-order valence-electron chi connectivity index (χ0n) is 15.2. The van der Waals surface area contributed by atoms with Crippen LogP contribution in [-0.2, 0) is 16.1 Å². The van der Waals surface area contributed by atoms with Crippen LogP contribution in [0.1, 0.15) is 24.3 Å². The molecule has 1 fully saturated rings. The van der Waals surface area contributed by atoms with Crippen LogP contribution in [0.15, 0.2) is 47.9 Å². The molecule has 1 amide bonds. The monoisotopic (exact) mass is 387 g/mol. The largest absolute Gasteiger partial charge is 0.444 e. The van der Waals surface area contributed by atoms with Gasteiger partial charge in [-0.1, -0.05) is 43.0 Å². The normalized spacial score (nSPS) is 24.0. The lowest BCUT2D eigenvalue weighted by Crippen LogP contribution is -2.36. The molecule has 0 unspecified atom stereocenters. The number of amides is 1. The summed E-state index contributed by atoms with van der Waals surface area (Å²) in [5.74, 6) is -0.0320. The summed E-state index contributed by atoms with van der Waals surface area (Å²) in [4.78, 5) is 28.2. The Morgan fingerprint density at radius 1 is 1.36 bits per heavy atom. The summed E-state index contributed by atoms with van der Waals surface area (Å²) >= 11 is 0. The molecular formula is C19H21N3O6. The molecule has 148 valence electrons. The number of hydrogen-bond acceptors (Lipinski definition) is 7. The summed E-state index contributed by atoms with van der Waals surface area (Å²) in [7, 11) is 0. The van der Waals surface area contributed by atoms with Gasteiger partial charge >= 0.3 is 11.8 Å². The van der Waals surface area contributed by atoms with Gasteiger partial charge in [0.1, 0.15) is 24.6 Å². The summed E-state index contributed by atoms with van der Waals surface area (Å²) < 4.78 is 11.6. The summed E-state index contributed by atoms with van der Waals surface area (Å²) in [5, 5.41) is 22.3. The Balaban J connectivity index is 1.75. The Kier molecular flexibility index (Phi) is 5.88. The van der Waals surface area contributed by atoms with E-state index in [4.69, 9.17) is 9.47 Å². The number of nitrogens with one attached hydrogen (secondary N) is 1. The zero-order valence-corrected chi connectivity index (χ0v) is 15.2.